The van der Waals surface area contributed by atoms with Crippen LogP contribution in [0.3, 0.4) is 0 Å². The first kappa shape index (κ1) is 11.5. The number of carbonyl (C=O) groups is 2. The summed E-state index contributed by atoms with van der Waals surface area (Å²) in [6, 6.07) is -0.585. The molecule has 0 radical (unpaired) electrons. The molecule has 80 valence electrons. The zero-order valence-electron chi connectivity index (χ0n) is 7.91. The van der Waals surface area contributed by atoms with E-state index in [-0.39, 0.29) is 5.91 Å². The summed E-state index contributed by atoms with van der Waals surface area (Å²) < 4.78 is 0. The first-order valence-electron chi connectivity index (χ1n) is 4.75. The SMILES string of the molecule is O=C(O)[C@@H]1CCCN1C(=O)CCCBr. The van der Waals surface area contributed by atoms with Gasteiger partial charge in [0.1, 0.15) is 6.04 Å². The number of carboxylic acids is 1. The van der Waals surface area contributed by atoms with Crippen LogP contribution in [0.1, 0.15) is 25.7 Å². The Labute approximate surface area is 91.4 Å². The summed E-state index contributed by atoms with van der Waals surface area (Å²) in [5, 5.41) is 9.64. The number of alkyl halides is 1. The Morgan fingerprint density at radius 3 is 2.79 bits per heavy atom. The second-order valence-electron chi connectivity index (χ2n) is 3.38. The molecule has 1 saturated heterocycles. The lowest BCUT2D eigenvalue weighted by Crippen LogP contribution is -2.40. The molecule has 1 heterocycles. The highest BCUT2D eigenvalue weighted by Crippen LogP contribution is 2.18. The molecule has 0 aromatic carbocycles. The summed E-state index contributed by atoms with van der Waals surface area (Å²) >= 11 is 3.24. The number of likely N-dealkylation sites (tertiary alicyclic amines) is 1. The van der Waals surface area contributed by atoms with Gasteiger partial charge in [-0.25, -0.2) is 4.79 Å². The number of rotatable bonds is 4. The Hall–Kier alpha value is -0.580. The summed E-state index contributed by atoms with van der Waals surface area (Å²) in [4.78, 5) is 23.8. The molecule has 1 aliphatic rings. The fourth-order valence-electron chi connectivity index (χ4n) is 1.68. The zero-order valence-corrected chi connectivity index (χ0v) is 9.49. The number of carbonyl (C=O) groups excluding carboxylic acids is 1. The lowest BCUT2D eigenvalue weighted by molar-refractivity contribution is -0.148. The lowest BCUT2D eigenvalue weighted by Gasteiger charge is -2.21. The van der Waals surface area contributed by atoms with Crippen molar-refractivity contribution in [2.75, 3.05) is 11.9 Å². The predicted octanol–water partition coefficient (Wildman–Crippen LogP) is 1.24. The molecule has 0 saturated carbocycles. The van der Waals surface area contributed by atoms with Gasteiger partial charge in [0.15, 0.2) is 0 Å². The molecule has 0 bridgehead atoms. The van der Waals surface area contributed by atoms with E-state index in [1.807, 2.05) is 0 Å². The highest BCUT2D eigenvalue weighted by atomic mass is 79.9. The summed E-state index contributed by atoms with van der Waals surface area (Å²) in [6.07, 6.45) is 2.60. The van der Waals surface area contributed by atoms with Gasteiger partial charge in [-0.05, 0) is 19.3 Å². The minimum absolute atomic E-state index is 0.0330. The molecule has 1 aliphatic heterocycles. The number of halogens is 1. The van der Waals surface area contributed by atoms with E-state index in [0.717, 1.165) is 18.2 Å². The second-order valence-corrected chi connectivity index (χ2v) is 4.17. The van der Waals surface area contributed by atoms with Gasteiger partial charge in [0.25, 0.3) is 0 Å². The van der Waals surface area contributed by atoms with Crippen molar-refractivity contribution < 1.29 is 14.7 Å². The van der Waals surface area contributed by atoms with Crippen molar-refractivity contribution in [1.29, 1.82) is 0 Å². The van der Waals surface area contributed by atoms with Crippen molar-refractivity contribution in [2.45, 2.75) is 31.7 Å². The first-order chi connectivity index (χ1) is 6.66. The van der Waals surface area contributed by atoms with Crippen LogP contribution in [0.25, 0.3) is 0 Å². The maximum Gasteiger partial charge on any atom is 0.326 e. The van der Waals surface area contributed by atoms with E-state index >= 15 is 0 Å². The minimum atomic E-state index is -0.880. The minimum Gasteiger partial charge on any atom is -0.480 e. The van der Waals surface area contributed by atoms with Crippen molar-refractivity contribution in [1.82, 2.24) is 4.90 Å². The van der Waals surface area contributed by atoms with E-state index in [9.17, 15) is 9.59 Å². The standard InChI is InChI=1S/C9H14BrNO3/c10-5-1-4-8(12)11-6-2-3-7(11)9(13)14/h7H,1-6H2,(H,13,14)/t7-/m0/s1. The molecule has 1 atom stereocenters. The van der Waals surface area contributed by atoms with Crippen molar-refractivity contribution in [3.8, 4) is 0 Å². The summed E-state index contributed by atoms with van der Waals surface area (Å²) in [5.74, 6) is -0.913. The Morgan fingerprint density at radius 2 is 2.21 bits per heavy atom. The number of aliphatic carboxylic acids is 1. The highest BCUT2D eigenvalue weighted by Gasteiger charge is 2.33. The fraction of sp³-hybridized carbons (Fsp3) is 0.778. The van der Waals surface area contributed by atoms with E-state index in [2.05, 4.69) is 15.9 Å². The molecule has 1 rings (SSSR count). The zero-order chi connectivity index (χ0) is 10.6. The van der Waals surface area contributed by atoms with Gasteiger partial charge in [-0.15, -0.1) is 0 Å². The van der Waals surface area contributed by atoms with Crippen LogP contribution >= 0.6 is 15.9 Å². The summed E-state index contributed by atoms with van der Waals surface area (Å²) in [7, 11) is 0. The number of hydrogen-bond donors (Lipinski definition) is 1. The molecule has 0 aromatic heterocycles. The molecule has 5 heteroatoms. The van der Waals surface area contributed by atoms with Gasteiger partial charge in [-0.1, -0.05) is 15.9 Å². The van der Waals surface area contributed by atoms with Gasteiger partial charge < -0.3 is 10.0 Å². The van der Waals surface area contributed by atoms with E-state index in [1.165, 1.54) is 4.90 Å². The first-order valence-corrected chi connectivity index (χ1v) is 5.87. The van der Waals surface area contributed by atoms with Gasteiger partial charge in [0.05, 0.1) is 0 Å². The van der Waals surface area contributed by atoms with E-state index < -0.39 is 12.0 Å². The molecule has 0 aromatic rings. The maximum absolute atomic E-state index is 11.6. The van der Waals surface area contributed by atoms with E-state index in [0.29, 0.717) is 19.4 Å². The lowest BCUT2D eigenvalue weighted by atomic mass is 10.2. The second kappa shape index (κ2) is 5.34. The average Bonchev–Trinajstić information content (AvgIpc) is 2.62. The molecule has 0 unspecified atom stereocenters. The monoisotopic (exact) mass is 263 g/mol. The fourth-order valence-corrected chi connectivity index (χ4v) is 1.96. The Bertz CT molecular complexity index is 232. The molecule has 0 spiro atoms. The van der Waals surface area contributed by atoms with Crippen LogP contribution in [0, 0.1) is 0 Å². The van der Waals surface area contributed by atoms with Gasteiger partial charge in [-0.2, -0.15) is 0 Å². The molecule has 0 aliphatic carbocycles. The molecular formula is C9H14BrNO3. The van der Waals surface area contributed by atoms with Crippen molar-refractivity contribution in [2.24, 2.45) is 0 Å². The third kappa shape index (κ3) is 2.70. The quantitative estimate of drug-likeness (QED) is 0.777. The van der Waals surface area contributed by atoms with Crippen LogP contribution in [-0.4, -0.2) is 39.8 Å². The third-order valence-corrected chi connectivity index (χ3v) is 2.94. The smallest absolute Gasteiger partial charge is 0.326 e. The Morgan fingerprint density at radius 1 is 1.50 bits per heavy atom. The summed E-state index contributed by atoms with van der Waals surface area (Å²) in [5.41, 5.74) is 0. The van der Waals surface area contributed by atoms with Gasteiger partial charge >= 0.3 is 5.97 Å². The maximum atomic E-state index is 11.6. The highest BCUT2D eigenvalue weighted by molar-refractivity contribution is 9.09. The average molecular weight is 264 g/mol. The van der Waals surface area contributed by atoms with Crippen LogP contribution in [0.15, 0.2) is 0 Å². The number of amides is 1. The largest absolute Gasteiger partial charge is 0.480 e. The van der Waals surface area contributed by atoms with Crippen molar-refractivity contribution in [3.05, 3.63) is 0 Å². The number of hydrogen-bond acceptors (Lipinski definition) is 2. The van der Waals surface area contributed by atoms with Crippen molar-refractivity contribution in [3.63, 3.8) is 0 Å². The molecule has 4 nitrogen and oxygen atoms in total. The summed E-state index contributed by atoms with van der Waals surface area (Å²) in [6.45, 7) is 0.595. The molecule has 1 fully saturated rings. The number of carboxylic acid groups (broad SMARTS) is 1. The Balaban J connectivity index is 2.49. The van der Waals surface area contributed by atoms with Crippen LogP contribution < -0.4 is 0 Å². The van der Waals surface area contributed by atoms with Gasteiger partial charge in [0, 0.05) is 18.3 Å². The molecular weight excluding hydrogens is 250 g/mol. The molecule has 14 heavy (non-hydrogen) atoms. The van der Waals surface area contributed by atoms with E-state index in [1.54, 1.807) is 0 Å². The normalized spacial score (nSPS) is 21.2. The van der Waals surface area contributed by atoms with Crippen LogP contribution in [0.5, 0.6) is 0 Å². The predicted molar refractivity (Wildman–Crippen MR) is 55.4 cm³/mol. The van der Waals surface area contributed by atoms with Crippen molar-refractivity contribution >= 4 is 27.8 Å². The van der Waals surface area contributed by atoms with Gasteiger partial charge in [-0.3, -0.25) is 4.79 Å². The topological polar surface area (TPSA) is 57.6 Å². The van der Waals surface area contributed by atoms with Crippen LogP contribution in [0.4, 0.5) is 0 Å². The Kier molecular flexibility index (Phi) is 4.38. The van der Waals surface area contributed by atoms with E-state index in [4.69, 9.17) is 5.11 Å². The van der Waals surface area contributed by atoms with Gasteiger partial charge in [0.2, 0.25) is 5.91 Å². The number of nitrogens with zero attached hydrogens (tertiary/aromatic N) is 1. The third-order valence-electron chi connectivity index (χ3n) is 2.38. The molecule has 1 amide bonds. The van der Waals surface area contributed by atoms with Crippen LogP contribution in [-0.2, 0) is 9.59 Å². The molecule has 1 N–H and O–H groups in total. The van der Waals surface area contributed by atoms with Crippen LogP contribution in [0.2, 0.25) is 0 Å².